The molecule has 0 radical (unpaired) electrons. The fourth-order valence-corrected chi connectivity index (χ4v) is 0.951. The molecular weight excluding hydrogens is 170 g/mol. The summed E-state index contributed by atoms with van der Waals surface area (Å²) in [7, 11) is 1.59. The Hall–Kier alpha value is -1.65. The third-order valence-corrected chi connectivity index (χ3v) is 1.66. The van der Waals surface area contributed by atoms with E-state index in [1.807, 2.05) is 0 Å². The van der Waals surface area contributed by atoms with Gasteiger partial charge in [-0.3, -0.25) is 9.59 Å². The monoisotopic (exact) mass is 181 g/mol. The van der Waals surface area contributed by atoms with Crippen LogP contribution in [0.15, 0.2) is 17.8 Å². The van der Waals surface area contributed by atoms with Gasteiger partial charge in [0.1, 0.15) is 0 Å². The Morgan fingerprint density at radius 3 is 3.00 bits per heavy atom. The van der Waals surface area contributed by atoms with Gasteiger partial charge >= 0.3 is 0 Å². The van der Waals surface area contributed by atoms with E-state index in [2.05, 4.69) is 17.0 Å². The van der Waals surface area contributed by atoms with E-state index in [4.69, 9.17) is 0 Å². The van der Waals surface area contributed by atoms with Crippen LogP contribution in [0.25, 0.3) is 0 Å². The molecule has 1 rings (SSSR count). The summed E-state index contributed by atoms with van der Waals surface area (Å²) >= 11 is 0. The molecule has 0 fully saturated rings. The summed E-state index contributed by atoms with van der Waals surface area (Å²) in [5.74, 6) is -0.312. The van der Waals surface area contributed by atoms with Crippen LogP contribution in [0.1, 0.15) is 6.42 Å². The molecule has 0 aromatic heterocycles. The molecule has 70 valence electrons. The molecule has 13 heavy (non-hydrogen) atoms. The van der Waals surface area contributed by atoms with Crippen molar-refractivity contribution in [3.05, 3.63) is 12.7 Å². The Balaban J connectivity index is 2.39. The normalized spacial score (nSPS) is 15.6. The molecule has 1 N–H and O–H groups in total. The van der Waals surface area contributed by atoms with Gasteiger partial charge in [0.05, 0.1) is 18.7 Å². The molecule has 0 bridgehead atoms. The van der Waals surface area contributed by atoms with E-state index in [0.29, 0.717) is 12.3 Å². The highest BCUT2D eigenvalue weighted by atomic mass is 16.2. The number of carbonyl (C=O) groups excluding carboxylic acids is 2. The van der Waals surface area contributed by atoms with Crippen LogP contribution in [0, 0.1) is 0 Å². The second-order valence-electron chi connectivity index (χ2n) is 2.68. The molecule has 0 saturated heterocycles. The maximum absolute atomic E-state index is 11.0. The van der Waals surface area contributed by atoms with Gasteiger partial charge in [0.2, 0.25) is 11.8 Å². The number of amides is 2. The number of nitrogens with zero attached hydrogens (tertiary/aromatic N) is 2. The number of hydrazone groups is 1. The first-order valence-electron chi connectivity index (χ1n) is 3.86. The Kier molecular flexibility index (Phi) is 2.79. The van der Waals surface area contributed by atoms with Crippen molar-refractivity contribution in [2.75, 3.05) is 13.6 Å². The van der Waals surface area contributed by atoms with Gasteiger partial charge < -0.3 is 5.32 Å². The minimum atomic E-state index is -0.260. The predicted molar refractivity (Wildman–Crippen MR) is 48.0 cm³/mol. The van der Waals surface area contributed by atoms with Crippen molar-refractivity contribution in [1.29, 1.82) is 0 Å². The molecule has 0 saturated carbocycles. The number of hydrogen-bond donors (Lipinski definition) is 1. The third kappa shape index (κ3) is 2.40. The van der Waals surface area contributed by atoms with E-state index in [1.165, 1.54) is 11.1 Å². The van der Waals surface area contributed by atoms with E-state index in [1.54, 1.807) is 7.05 Å². The maximum atomic E-state index is 11.0. The Morgan fingerprint density at radius 1 is 1.85 bits per heavy atom. The van der Waals surface area contributed by atoms with Crippen LogP contribution in [0.2, 0.25) is 0 Å². The van der Waals surface area contributed by atoms with Crippen molar-refractivity contribution >= 4 is 17.5 Å². The second kappa shape index (κ2) is 3.84. The second-order valence-corrected chi connectivity index (χ2v) is 2.68. The molecule has 0 aliphatic carbocycles. The molecule has 2 amide bonds. The molecule has 1 aliphatic heterocycles. The summed E-state index contributed by atoms with van der Waals surface area (Å²) in [6.45, 7) is 3.61. The zero-order chi connectivity index (χ0) is 9.84. The van der Waals surface area contributed by atoms with Gasteiger partial charge in [0, 0.05) is 7.05 Å². The van der Waals surface area contributed by atoms with Crippen LogP contribution in [-0.4, -0.2) is 36.1 Å². The van der Waals surface area contributed by atoms with Gasteiger partial charge in [0.25, 0.3) is 0 Å². The Bertz CT molecular complexity index is 283. The topological polar surface area (TPSA) is 61.8 Å². The quantitative estimate of drug-likeness (QED) is 0.597. The molecule has 0 aromatic carbocycles. The molecule has 1 aliphatic rings. The zero-order valence-corrected chi connectivity index (χ0v) is 7.41. The number of rotatable bonds is 3. The summed E-state index contributed by atoms with van der Waals surface area (Å²) in [4.78, 5) is 21.7. The molecule has 1 heterocycles. The van der Waals surface area contributed by atoms with Crippen molar-refractivity contribution in [1.82, 2.24) is 10.3 Å². The van der Waals surface area contributed by atoms with Gasteiger partial charge in [-0.2, -0.15) is 5.10 Å². The molecule has 0 spiro atoms. The molecule has 0 aromatic rings. The first-order valence-corrected chi connectivity index (χ1v) is 3.86. The fraction of sp³-hybridized carbons (Fsp3) is 0.375. The summed E-state index contributed by atoms with van der Waals surface area (Å²) in [5.41, 5.74) is 0.669. The third-order valence-electron chi connectivity index (χ3n) is 1.66. The van der Waals surface area contributed by atoms with E-state index in [0.717, 1.165) is 0 Å². The van der Waals surface area contributed by atoms with Crippen LogP contribution < -0.4 is 5.32 Å². The summed E-state index contributed by atoms with van der Waals surface area (Å²) in [6.07, 6.45) is 1.47. The van der Waals surface area contributed by atoms with Gasteiger partial charge in [-0.1, -0.05) is 6.58 Å². The molecule has 0 unspecified atom stereocenters. The van der Waals surface area contributed by atoms with Crippen molar-refractivity contribution in [3.63, 3.8) is 0 Å². The summed E-state index contributed by atoms with van der Waals surface area (Å²) in [6, 6.07) is 0. The van der Waals surface area contributed by atoms with Crippen LogP contribution >= 0.6 is 0 Å². The molecule has 0 atom stereocenters. The Labute approximate surface area is 76.1 Å². The van der Waals surface area contributed by atoms with Gasteiger partial charge in [0.15, 0.2) is 0 Å². The number of nitrogens with one attached hydrogen (secondary N) is 1. The van der Waals surface area contributed by atoms with Crippen LogP contribution in [0.4, 0.5) is 0 Å². The summed E-state index contributed by atoms with van der Waals surface area (Å²) < 4.78 is 0. The molecule has 5 heteroatoms. The van der Waals surface area contributed by atoms with Gasteiger partial charge in [-0.05, 0) is 6.08 Å². The SMILES string of the molecule is C=CC(=O)NCC1=NN(C)C(=O)C1. The summed E-state index contributed by atoms with van der Waals surface area (Å²) in [5, 5.41) is 7.75. The lowest BCUT2D eigenvalue weighted by molar-refractivity contribution is -0.127. The van der Waals surface area contributed by atoms with E-state index < -0.39 is 0 Å². The smallest absolute Gasteiger partial charge is 0.248 e. The van der Waals surface area contributed by atoms with Crippen LogP contribution in [0.3, 0.4) is 0 Å². The van der Waals surface area contributed by atoms with E-state index in [-0.39, 0.29) is 18.2 Å². The lowest BCUT2D eigenvalue weighted by Gasteiger charge is -1.99. The van der Waals surface area contributed by atoms with Gasteiger partial charge in [-0.15, -0.1) is 0 Å². The first kappa shape index (κ1) is 9.44. The van der Waals surface area contributed by atoms with Crippen molar-refractivity contribution < 1.29 is 9.59 Å². The van der Waals surface area contributed by atoms with Crippen molar-refractivity contribution in [2.24, 2.45) is 5.10 Å². The standard InChI is InChI=1S/C8H11N3O2/c1-3-7(12)9-5-6-4-8(13)11(2)10-6/h3H,1,4-5H2,2H3,(H,9,12). The van der Waals surface area contributed by atoms with Crippen molar-refractivity contribution in [3.8, 4) is 0 Å². The van der Waals surface area contributed by atoms with Gasteiger partial charge in [-0.25, -0.2) is 5.01 Å². The highest BCUT2D eigenvalue weighted by molar-refractivity contribution is 6.06. The maximum Gasteiger partial charge on any atom is 0.248 e. The predicted octanol–water partition coefficient (Wildman–Crippen LogP) is -0.493. The molecular formula is C8H11N3O2. The lowest BCUT2D eigenvalue weighted by Crippen LogP contribution is -2.27. The minimum Gasteiger partial charge on any atom is -0.347 e. The van der Waals surface area contributed by atoms with E-state index >= 15 is 0 Å². The average molecular weight is 181 g/mol. The van der Waals surface area contributed by atoms with Crippen molar-refractivity contribution in [2.45, 2.75) is 6.42 Å². The largest absolute Gasteiger partial charge is 0.347 e. The minimum absolute atomic E-state index is 0.0529. The number of hydrogen-bond acceptors (Lipinski definition) is 3. The van der Waals surface area contributed by atoms with Crippen LogP contribution in [-0.2, 0) is 9.59 Å². The highest BCUT2D eigenvalue weighted by Gasteiger charge is 2.19. The van der Waals surface area contributed by atoms with Crippen LogP contribution in [0.5, 0.6) is 0 Å². The lowest BCUT2D eigenvalue weighted by atomic mass is 10.3. The first-order chi connectivity index (χ1) is 6.13. The zero-order valence-electron chi connectivity index (χ0n) is 7.41. The number of carbonyl (C=O) groups is 2. The highest BCUT2D eigenvalue weighted by Crippen LogP contribution is 2.03. The average Bonchev–Trinajstić information content (AvgIpc) is 2.42. The fourth-order valence-electron chi connectivity index (χ4n) is 0.951. The molecule has 5 nitrogen and oxygen atoms in total. The van der Waals surface area contributed by atoms with E-state index in [9.17, 15) is 9.59 Å². The Morgan fingerprint density at radius 2 is 2.54 bits per heavy atom.